The number of hydrogen-bond acceptors (Lipinski definition) is 11. The SMILES string of the molecule is CC(C)NCCOc1ccc2c(c1)CN(C(=O)O[C@@H]1C[C@H]3C(=O)N[C@]4(C(=O)NS(=O)(=O)C5CC5)C[C@H]4/C=C/CCCCC[C@H](NC(=O)OC(C)(C)C)C(=O)N3C1)C2. The fraction of sp³-hybridized carbons (Fsp3) is 0.675. The van der Waals surface area contributed by atoms with Crippen LogP contribution in [-0.4, -0.2) is 108 Å². The van der Waals surface area contributed by atoms with E-state index in [2.05, 4.69) is 34.5 Å². The summed E-state index contributed by atoms with van der Waals surface area (Å²) in [6.45, 7) is 10.9. The van der Waals surface area contributed by atoms with Crippen molar-refractivity contribution in [1.82, 2.24) is 30.5 Å². The van der Waals surface area contributed by atoms with Gasteiger partial charge in [-0.05, 0) is 82.6 Å². The summed E-state index contributed by atoms with van der Waals surface area (Å²) in [5.74, 6) is -1.83. The fourth-order valence-electron chi connectivity index (χ4n) is 7.62. The van der Waals surface area contributed by atoms with Crippen LogP contribution in [0.4, 0.5) is 9.59 Å². The molecule has 1 saturated heterocycles. The molecule has 0 unspecified atom stereocenters. The third-order valence-electron chi connectivity index (χ3n) is 10.9. The van der Waals surface area contributed by atoms with Gasteiger partial charge in [-0.15, -0.1) is 0 Å². The third-order valence-corrected chi connectivity index (χ3v) is 12.7. The molecule has 2 saturated carbocycles. The second kappa shape index (κ2) is 17.2. The van der Waals surface area contributed by atoms with Gasteiger partial charge in [0, 0.05) is 38.0 Å². The lowest BCUT2D eigenvalue weighted by atomic mass is 10.0. The van der Waals surface area contributed by atoms with Crippen LogP contribution in [0.2, 0.25) is 0 Å². The van der Waals surface area contributed by atoms with Crippen molar-refractivity contribution in [3.05, 3.63) is 41.5 Å². The van der Waals surface area contributed by atoms with Crippen molar-refractivity contribution >= 4 is 39.9 Å². The van der Waals surface area contributed by atoms with Crippen LogP contribution in [-0.2, 0) is 47.0 Å². The zero-order valence-electron chi connectivity index (χ0n) is 33.6. The molecule has 16 nitrogen and oxygen atoms in total. The Balaban J connectivity index is 1.19. The normalized spacial score (nSPS) is 27.2. The minimum Gasteiger partial charge on any atom is -0.492 e. The average Bonchev–Trinajstić information content (AvgIpc) is 4.01. The van der Waals surface area contributed by atoms with Gasteiger partial charge < -0.3 is 35.1 Å². The third kappa shape index (κ3) is 10.8. The standard InChI is InChI=1S/C40H58N6O10S/c1-25(2)41-17-18-54-29-14-13-26-22-45(23-27(26)19-29)38(51)55-30-20-33-34(47)43-40(36(49)44-57(52,53)31-15-16-31)21-28(40)11-9-7-6-8-10-12-32(35(48)46(33)24-30)42-37(50)56-39(3,4)5/h9,11,13-14,19,25,28,30-33,41H,6-8,10,12,15-18,20-24H2,1-5H3,(H,42,50)(H,43,47)(H,44,49)/b11-9+/t28-,30-,32+,33+,40-/m1/s1. The van der Waals surface area contributed by atoms with Gasteiger partial charge in [-0.25, -0.2) is 18.0 Å². The Hall–Kier alpha value is -4.38. The zero-order chi connectivity index (χ0) is 41.1. The van der Waals surface area contributed by atoms with E-state index in [4.69, 9.17) is 14.2 Å². The maximum atomic E-state index is 14.4. The molecule has 4 N–H and O–H groups in total. The van der Waals surface area contributed by atoms with E-state index < -0.39 is 80.4 Å². The van der Waals surface area contributed by atoms with Gasteiger partial charge in [0.2, 0.25) is 21.8 Å². The number of rotatable bonds is 10. The van der Waals surface area contributed by atoms with Crippen molar-refractivity contribution in [2.45, 2.75) is 146 Å². The highest BCUT2D eigenvalue weighted by Crippen LogP contribution is 2.46. The number of ether oxygens (including phenoxy) is 3. The van der Waals surface area contributed by atoms with E-state index >= 15 is 0 Å². The second-order valence-corrected chi connectivity index (χ2v) is 19.2. The van der Waals surface area contributed by atoms with E-state index in [1.165, 1.54) is 4.90 Å². The van der Waals surface area contributed by atoms with E-state index in [0.29, 0.717) is 57.2 Å². The number of amides is 5. The molecule has 0 spiro atoms. The summed E-state index contributed by atoms with van der Waals surface area (Å²) in [6, 6.07) is 3.79. The number of alkyl carbamates (subject to hydrolysis) is 1. The van der Waals surface area contributed by atoms with Crippen molar-refractivity contribution in [2.24, 2.45) is 5.92 Å². The molecule has 5 amide bonds. The van der Waals surface area contributed by atoms with Crippen molar-refractivity contribution in [2.75, 3.05) is 19.7 Å². The predicted molar refractivity (Wildman–Crippen MR) is 209 cm³/mol. The van der Waals surface area contributed by atoms with Crippen molar-refractivity contribution < 1.29 is 46.6 Å². The Bertz CT molecular complexity index is 1840. The van der Waals surface area contributed by atoms with Crippen molar-refractivity contribution in [3.8, 4) is 5.75 Å². The van der Waals surface area contributed by atoms with Crippen LogP contribution >= 0.6 is 0 Å². The molecule has 57 heavy (non-hydrogen) atoms. The molecule has 1 aromatic rings. The van der Waals surface area contributed by atoms with E-state index in [1.54, 1.807) is 25.7 Å². The number of sulfonamides is 1. The Labute approximate surface area is 335 Å². The smallest absolute Gasteiger partial charge is 0.410 e. The number of carbonyl (C=O) groups is 5. The molecular formula is C40H58N6O10S. The summed E-state index contributed by atoms with van der Waals surface area (Å²) < 4.78 is 45.2. The topological polar surface area (TPSA) is 202 Å². The number of carbonyl (C=O) groups excluding carboxylic acids is 5. The first-order chi connectivity index (χ1) is 26.9. The van der Waals surface area contributed by atoms with Gasteiger partial charge in [-0.1, -0.05) is 44.9 Å². The van der Waals surface area contributed by atoms with Crippen LogP contribution in [0.1, 0.15) is 104 Å². The minimum atomic E-state index is -3.91. The number of nitrogens with zero attached hydrogens (tertiary/aromatic N) is 2. The molecular weight excluding hydrogens is 757 g/mol. The molecule has 5 atom stereocenters. The van der Waals surface area contributed by atoms with Gasteiger partial charge in [0.25, 0.3) is 5.91 Å². The van der Waals surface area contributed by atoms with Crippen LogP contribution in [0, 0.1) is 5.92 Å². The first-order valence-corrected chi connectivity index (χ1v) is 21.8. The molecule has 17 heteroatoms. The van der Waals surface area contributed by atoms with Crippen LogP contribution in [0.25, 0.3) is 0 Å². The van der Waals surface area contributed by atoms with E-state index in [9.17, 15) is 32.4 Å². The summed E-state index contributed by atoms with van der Waals surface area (Å²) in [6.07, 6.45) is 5.53. The molecule has 0 radical (unpaired) electrons. The molecule has 2 aliphatic carbocycles. The van der Waals surface area contributed by atoms with Gasteiger partial charge in [0.15, 0.2) is 0 Å². The van der Waals surface area contributed by atoms with Crippen molar-refractivity contribution in [1.29, 1.82) is 0 Å². The lowest BCUT2D eigenvalue weighted by Gasteiger charge is -2.30. The van der Waals surface area contributed by atoms with Gasteiger partial charge in [0.05, 0.1) is 11.8 Å². The summed E-state index contributed by atoms with van der Waals surface area (Å²) in [5, 5.41) is 8.20. The first kappa shape index (κ1) is 42.2. The van der Waals surface area contributed by atoms with Gasteiger partial charge in [0.1, 0.15) is 41.7 Å². The Morgan fingerprint density at radius 1 is 1.04 bits per heavy atom. The average molecular weight is 815 g/mol. The van der Waals surface area contributed by atoms with Crippen LogP contribution in [0.15, 0.2) is 30.4 Å². The van der Waals surface area contributed by atoms with Crippen LogP contribution in [0.3, 0.4) is 0 Å². The second-order valence-electron chi connectivity index (χ2n) is 17.2. The largest absolute Gasteiger partial charge is 0.492 e. The highest BCUT2D eigenvalue weighted by molar-refractivity contribution is 7.91. The Morgan fingerprint density at radius 3 is 2.51 bits per heavy atom. The molecule has 1 aromatic carbocycles. The summed E-state index contributed by atoms with van der Waals surface area (Å²) in [5.41, 5.74) is -0.496. The van der Waals surface area contributed by atoms with Gasteiger partial charge in [-0.3, -0.25) is 24.0 Å². The van der Waals surface area contributed by atoms with E-state index in [-0.39, 0.29) is 32.4 Å². The van der Waals surface area contributed by atoms with Crippen LogP contribution in [0.5, 0.6) is 5.75 Å². The number of benzene rings is 1. The van der Waals surface area contributed by atoms with Crippen LogP contribution < -0.4 is 25.4 Å². The molecule has 5 aliphatic rings. The number of hydrogen-bond donors (Lipinski definition) is 4. The van der Waals surface area contributed by atoms with Gasteiger partial charge >= 0.3 is 12.2 Å². The minimum absolute atomic E-state index is 0.0791. The summed E-state index contributed by atoms with van der Waals surface area (Å²) in [4.78, 5) is 71.9. The monoisotopic (exact) mass is 814 g/mol. The lowest BCUT2D eigenvalue weighted by Crippen LogP contribution is -2.58. The number of fused-ring (bicyclic) bond motifs is 3. The quantitative estimate of drug-likeness (QED) is 0.199. The van der Waals surface area contributed by atoms with E-state index in [0.717, 1.165) is 24.0 Å². The Kier molecular flexibility index (Phi) is 12.8. The maximum absolute atomic E-state index is 14.4. The summed E-state index contributed by atoms with van der Waals surface area (Å²) >= 11 is 0. The molecule has 6 rings (SSSR count). The van der Waals surface area contributed by atoms with Gasteiger partial charge in [-0.2, -0.15) is 0 Å². The van der Waals surface area contributed by atoms with E-state index in [1.807, 2.05) is 30.4 Å². The maximum Gasteiger partial charge on any atom is 0.410 e. The number of nitrogens with one attached hydrogen (secondary N) is 4. The highest BCUT2D eigenvalue weighted by Gasteiger charge is 2.62. The first-order valence-electron chi connectivity index (χ1n) is 20.2. The summed E-state index contributed by atoms with van der Waals surface area (Å²) in [7, 11) is -3.91. The lowest BCUT2D eigenvalue weighted by molar-refractivity contribution is -0.141. The highest BCUT2D eigenvalue weighted by atomic mass is 32.2. The zero-order valence-corrected chi connectivity index (χ0v) is 34.5. The van der Waals surface area contributed by atoms with Crippen molar-refractivity contribution in [3.63, 3.8) is 0 Å². The molecule has 3 aliphatic heterocycles. The molecule has 3 fully saturated rings. The molecule has 314 valence electrons. The molecule has 0 bridgehead atoms. The predicted octanol–water partition coefficient (Wildman–Crippen LogP) is 3.38. The molecule has 0 aromatic heterocycles. The Morgan fingerprint density at radius 2 is 1.79 bits per heavy atom. The number of allylic oxidation sites excluding steroid dienone is 1. The fourth-order valence-corrected chi connectivity index (χ4v) is 8.98. The molecule has 3 heterocycles.